The number of aromatic nitrogens is 2. The number of rotatable bonds is 4. The highest BCUT2D eigenvalue weighted by atomic mass is 19.1. The number of hydrogen-bond donors (Lipinski definition) is 1. The molecule has 3 rings (SSSR count). The van der Waals surface area contributed by atoms with Crippen LogP contribution >= 0.6 is 0 Å². The van der Waals surface area contributed by atoms with Crippen molar-refractivity contribution in [1.29, 1.82) is 0 Å². The number of benzene rings is 1. The van der Waals surface area contributed by atoms with Crippen molar-refractivity contribution in [3.63, 3.8) is 0 Å². The monoisotopic (exact) mass is 261 g/mol. The molecule has 1 aromatic carbocycles. The summed E-state index contributed by atoms with van der Waals surface area (Å²) in [6.45, 7) is 4.19. The molecule has 2 N–H and O–H groups in total. The normalized spacial score (nSPS) is 17.3. The zero-order chi connectivity index (χ0) is 13.6. The van der Waals surface area contributed by atoms with Gasteiger partial charge in [-0.15, -0.1) is 0 Å². The van der Waals surface area contributed by atoms with Gasteiger partial charge in [-0.3, -0.25) is 0 Å². The molecule has 1 atom stereocenters. The molecule has 4 heteroatoms. The van der Waals surface area contributed by atoms with Crippen LogP contribution in [0.4, 0.5) is 4.39 Å². The lowest BCUT2D eigenvalue weighted by Crippen LogP contribution is -2.27. The van der Waals surface area contributed by atoms with Gasteiger partial charge in [-0.05, 0) is 50.8 Å². The lowest BCUT2D eigenvalue weighted by molar-refractivity contribution is 0.525. The van der Waals surface area contributed by atoms with Gasteiger partial charge in [0, 0.05) is 18.5 Å². The van der Waals surface area contributed by atoms with Crippen molar-refractivity contribution in [2.75, 3.05) is 0 Å². The number of nitrogens with zero attached hydrogens (tertiary/aromatic N) is 2. The van der Waals surface area contributed by atoms with Crippen LogP contribution in [0.2, 0.25) is 0 Å². The number of imidazole rings is 1. The molecule has 1 unspecified atom stereocenters. The van der Waals surface area contributed by atoms with E-state index in [2.05, 4.69) is 23.4 Å². The van der Waals surface area contributed by atoms with Gasteiger partial charge in [0.25, 0.3) is 0 Å². The Labute approximate surface area is 112 Å². The highest BCUT2D eigenvalue weighted by Gasteiger charge is 2.30. The molecule has 0 bridgehead atoms. The van der Waals surface area contributed by atoms with Gasteiger partial charge >= 0.3 is 0 Å². The summed E-state index contributed by atoms with van der Waals surface area (Å²) in [5.41, 5.74) is 7.93. The van der Waals surface area contributed by atoms with E-state index in [0.29, 0.717) is 5.92 Å². The average Bonchev–Trinajstić information content (AvgIpc) is 3.11. The van der Waals surface area contributed by atoms with Gasteiger partial charge in [-0.2, -0.15) is 0 Å². The van der Waals surface area contributed by atoms with Crippen LogP contribution in [0.25, 0.3) is 11.0 Å². The molecule has 0 spiro atoms. The van der Waals surface area contributed by atoms with Crippen molar-refractivity contribution >= 4 is 11.0 Å². The first-order chi connectivity index (χ1) is 9.06. The summed E-state index contributed by atoms with van der Waals surface area (Å²) in [7, 11) is 0. The van der Waals surface area contributed by atoms with E-state index in [1.165, 1.54) is 18.9 Å². The third kappa shape index (κ3) is 2.37. The first-order valence-corrected chi connectivity index (χ1v) is 6.98. The SMILES string of the molecule is CC(C)n1c(CC(N)C2CC2)nc2ccc(F)cc21. The minimum absolute atomic E-state index is 0.180. The Hall–Kier alpha value is -1.42. The summed E-state index contributed by atoms with van der Waals surface area (Å²) >= 11 is 0. The van der Waals surface area contributed by atoms with Crippen LogP contribution in [0.15, 0.2) is 18.2 Å². The van der Waals surface area contributed by atoms with E-state index >= 15 is 0 Å². The molecule has 2 aromatic rings. The van der Waals surface area contributed by atoms with Crippen molar-refractivity contribution in [3.8, 4) is 0 Å². The molecular weight excluding hydrogens is 241 g/mol. The zero-order valence-corrected chi connectivity index (χ0v) is 11.4. The fraction of sp³-hybridized carbons (Fsp3) is 0.533. The highest BCUT2D eigenvalue weighted by Crippen LogP contribution is 2.33. The first kappa shape index (κ1) is 12.6. The average molecular weight is 261 g/mol. The Morgan fingerprint density at radius 3 is 2.79 bits per heavy atom. The predicted octanol–water partition coefficient (Wildman–Crippen LogP) is 3.04. The first-order valence-electron chi connectivity index (χ1n) is 6.98. The van der Waals surface area contributed by atoms with Crippen molar-refractivity contribution in [3.05, 3.63) is 29.8 Å². The van der Waals surface area contributed by atoms with E-state index in [0.717, 1.165) is 23.3 Å². The summed E-state index contributed by atoms with van der Waals surface area (Å²) in [5.74, 6) is 1.42. The molecule has 0 radical (unpaired) electrons. The molecule has 1 aliphatic carbocycles. The second-order valence-corrected chi connectivity index (χ2v) is 5.83. The van der Waals surface area contributed by atoms with E-state index in [1.54, 1.807) is 12.1 Å². The molecule has 1 saturated carbocycles. The van der Waals surface area contributed by atoms with E-state index in [4.69, 9.17) is 5.73 Å². The Balaban J connectivity index is 2.04. The molecule has 3 nitrogen and oxygen atoms in total. The third-order valence-electron chi connectivity index (χ3n) is 3.89. The fourth-order valence-electron chi connectivity index (χ4n) is 2.74. The Kier molecular flexibility index (Phi) is 3.05. The predicted molar refractivity (Wildman–Crippen MR) is 74.5 cm³/mol. The number of nitrogens with two attached hydrogens (primary N) is 1. The van der Waals surface area contributed by atoms with E-state index < -0.39 is 0 Å². The molecule has 1 fully saturated rings. The zero-order valence-electron chi connectivity index (χ0n) is 11.4. The summed E-state index contributed by atoms with van der Waals surface area (Å²) in [4.78, 5) is 4.64. The van der Waals surface area contributed by atoms with E-state index in [1.807, 2.05) is 0 Å². The molecule has 1 aliphatic rings. The summed E-state index contributed by atoms with van der Waals surface area (Å²) in [5, 5.41) is 0. The van der Waals surface area contributed by atoms with Gasteiger partial charge in [-0.25, -0.2) is 9.37 Å². The minimum atomic E-state index is -0.215. The van der Waals surface area contributed by atoms with Crippen LogP contribution < -0.4 is 5.73 Å². The van der Waals surface area contributed by atoms with Crippen molar-refractivity contribution in [1.82, 2.24) is 9.55 Å². The lowest BCUT2D eigenvalue weighted by atomic mass is 10.1. The maximum Gasteiger partial charge on any atom is 0.125 e. The number of hydrogen-bond acceptors (Lipinski definition) is 2. The summed E-state index contributed by atoms with van der Waals surface area (Å²) in [6.07, 6.45) is 3.24. The van der Waals surface area contributed by atoms with Gasteiger partial charge in [-0.1, -0.05) is 0 Å². The van der Waals surface area contributed by atoms with Gasteiger partial charge in [0.05, 0.1) is 11.0 Å². The van der Waals surface area contributed by atoms with Crippen LogP contribution in [0.3, 0.4) is 0 Å². The molecule has 1 heterocycles. The van der Waals surface area contributed by atoms with Crippen molar-refractivity contribution in [2.45, 2.75) is 45.2 Å². The second kappa shape index (κ2) is 4.60. The van der Waals surface area contributed by atoms with Gasteiger partial charge in [0.15, 0.2) is 0 Å². The number of fused-ring (bicyclic) bond motifs is 1. The lowest BCUT2D eigenvalue weighted by Gasteiger charge is -2.15. The fourth-order valence-corrected chi connectivity index (χ4v) is 2.74. The molecule has 102 valence electrons. The Morgan fingerprint density at radius 2 is 2.16 bits per heavy atom. The third-order valence-corrected chi connectivity index (χ3v) is 3.89. The Bertz CT molecular complexity index is 599. The number of halogens is 1. The minimum Gasteiger partial charge on any atom is -0.327 e. The van der Waals surface area contributed by atoms with Crippen molar-refractivity contribution < 1.29 is 4.39 Å². The van der Waals surface area contributed by atoms with Gasteiger partial charge < -0.3 is 10.3 Å². The maximum absolute atomic E-state index is 13.4. The van der Waals surface area contributed by atoms with Gasteiger partial charge in [0.1, 0.15) is 11.6 Å². The molecule has 0 amide bonds. The van der Waals surface area contributed by atoms with Crippen LogP contribution in [0, 0.1) is 11.7 Å². The molecule has 0 aliphatic heterocycles. The molecule has 1 aromatic heterocycles. The van der Waals surface area contributed by atoms with Crippen molar-refractivity contribution in [2.24, 2.45) is 11.7 Å². The second-order valence-electron chi connectivity index (χ2n) is 5.83. The smallest absolute Gasteiger partial charge is 0.125 e. The van der Waals surface area contributed by atoms with E-state index in [-0.39, 0.29) is 17.9 Å². The van der Waals surface area contributed by atoms with Crippen LogP contribution in [0.1, 0.15) is 38.6 Å². The van der Waals surface area contributed by atoms with E-state index in [9.17, 15) is 4.39 Å². The summed E-state index contributed by atoms with van der Waals surface area (Å²) in [6, 6.07) is 5.21. The Morgan fingerprint density at radius 1 is 1.42 bits per heavy atom. The largest absolute Gasteiger partial charge is 0.327 e. The standard InChI is InChI=1S/C15H20FN3/c1-9(2)19-14-7-11(16)5-6-13(14)18-15(19)8-12(17)10-3-4-10/h5-7,9-10,12H,3-4,8,17H2,1-2H3. The molecule has 19 heavy (non-hydrogen) atoms. The van der Waals surface area contributed by atoms with Crippen LogP contribution in [0.5, 0.6) is 0 Å². The van der Waals surface area contributed by atoms with Crippen LogP contribution in [-0.2, 0) is 6.42 Å². The maximum atomic E-state index is 13.4. The van der Waals surface area contributed by atoms with Gasteiger partial charge in [0.2, 0.25) is 0 Å². The molecule has 0 saturated heterocycles. The van der Waals surface area contributed by atoms with Crippen LogP contribution in [-0.4, -0.2) is 15.6 Å². The molecular formula is C15H20FN3. The topological polar surface area (TPSA) is 43.8 Å². The quantitative estimate of drug-likeness (QED) is 0.919. The highest BCUT2D eigenvalue weighted by molar-refractivity contribution is 5.76. The summed E-state index contributed by atoms with van der Waals surface area (Å²) < 4.78 is 15.5.